The van der Waals surface area contributed by atoms with Crippen LogP contribution >= 0.6 is 11.6 Å². The van der Waals surface area contributed by atoms with Gasteiger partial charge in [-0.15, -0.1) is 0 Å². The van der Waals surface area contributed by atoms with E-state index in [1.165, 1.54) is 18.2 Å². The van der Waals surface area contributed by atoms with Crippen LogP contribution in [0, 0.1) is 11.8 Å². The fraction of sp³-hybridized carbons (Fsp3) is 0.576. The number of fused-ring (bicyclic) bond motifs is 3. The van der Waals surface area contributed by atoms with E-state index in [-0.39, 0.29) is 24.4 Å². The number of hydrogen-bond donors (Lipinski definition) is 1. The van der Waals surface area contributed by atoms with Crippen molar-refractivity contribution in [2.45, 2.75) is 76.2 Å². The summed E-state index contributed by atoms with van der Waals surface area (Å²) in [5.41, 5.74) is 3.29. The quantitative estimate of drug-likeness (QED) is 0.411. The molecule has 5 rings (SSSR count). The molecule has 3 aliphatic rings. The summed E-state index contributed by atoms with van der Waals surface area (Å²) < 4.78 is 17.2. The number of rotatable bonds is 7. The third kappa shape index (κ3) is 6.36. The van der Waals surface area contributed by atoms with Crippen molar-refractivity contribution < 1.29 is 28.9 Å². The molecule has 2 aromatic rings. The Morgan fingerprint density at radius 2 is 1.95 bits per heavy atom. The minimum atomic E-state index is -0.800. The van der Waals surface area contributed by atoms with Gasteiger partial charge in [0.05, 0.1) is 31.7 Å². The average molecular weight is 584 g/mol. The van der Waals surface area contributed by atoms with E-state index >= 15 is 0 Å². The van der Waals surface area contributed by atoms with Crippen LogP contribution in [0.3, 0.4) is 0 Å². The van der Waals surface area contributed by atoms with Gasteiger partial charge >= 0.3 is 11.9 Å². The lowest BCUT2D eigenvalue weighted by Crippen LogP contribution is -2.48. The van der Waals surface area contributed by atoms with E-state index in [1.54, 1.807) is 0 Å². The van der Waals surface area contributed by atoms with E-state index in [9.17, 15) is 14.7 Å². The van der Waals surface area contributed by atoms with Crippen LogP contribution in [0.15, 0.2) is 36.4 Å². The summed E-state index contributed by atoms with van der Waals surface area (Å²) in [5.74, 6) is -0.316. The SMILES string of the molecule is COC(=O)[C@H](CC(=O)OC(C)(C)C)c1ccc2c(c1)N(C[C@@H]1CC[C@H]1CO)C[C@@]1(CCCc3cc(Cl)ccc31)CO2. The van der Waals surface area contributed by atoms with Crippen molar-refractivity contribution in [1.29, 1.82) is 0 Å². The maximum atomic E-state index is 12.9. The molecule has 0 aromatic heterocycles. The van der Waals surface area contributed by atoms with Gasteiger partial charge in [0.2, 0.25) is 0 Å². The monoisotopic (exact) mass is 583 g/mol. The first-order valence-corrected chi connectivity index (χ1v) is 15.1. The average Bonchev–Trinajstić information content (AvgIpc) is 3.05. The minimum Gasteiger partial charge on any atom is -0.490 e. The fourth-order valence-corrected chi connectivity index (χ4v) is 6.97. The summed E-state index contributed by atoms with van der Waals surface area (Å²) in [7, 11) is 1.34. The number of aliphatic hydroxyl groups excluding tert-OH is 1. The number of methoxy groups -OCH3 is 1. The van der Waals surface area contributed by atoms with Gasteiger partial charge < -0.3 is 24.2 Å². The Kier molecular flexibility index (Phi) is 8.58. The number of aryl methyl sites for hydroxylation is 1. The van der Waals surface area contributed by atoms with Crippen LogP contribution in [-0.2, 0) is 30.9 Å². The predicted molar refractivity (Wildman–Crippen MR) is 159 cm³/mol. The smallest absolute Gasteiger partial charge is 0.313 e. The molecule has 0 saturated heterocycles. The first-order valence-electron chi connectivity index (χ1n) is 14.7. The number of hydrogen-bond acceptors (Lipinski definition) is 7. The number of ether oxygens (including phenoxy) is 3. The van der Waals surface area contributed by atoms with Crippen molar-refractivity contribution in [2.75, 3.05) is 38.3 Å². The van der Waals surface area contributed by atoms with Gasteiger partial charge in [-0.3, -0.25) is 9.59 Å². The Labute approximate surface area is 248 Å². The van der Waals surface area contributed by atoms with Crippen molar-refractivity contribution in [3.63, 3.8) is 0 Å². The third-order valence-electron chi connectivity index (χ3n) is 9.00. The second-order valence-electron chi connectivity index (χ2n) is 13.0. The van der Waals surface area contributed by atoms with Gasteiger partial charge in [0.25, 0.3) is 0 Å². The number of benzene rings is 2. The predicted octanol–water partition coefficient (Wildman–Crippen LogP) is 5.82. The third-order valence-corrected chi connectivity index (χ3v) is 9.24. The number of esters is 2. The van der Waals surface area contributed by atoms with Crippen molar-refractivity contribution in [3.8, 4) is 5.75 Å². The van der Waals surface area contributed by atoms with Gasteiger partial charge in [-0.1, -0.05) is 23.7 Å². The summed E-state index contributed by atoms with van der Waals surface area (Å²) in [6.45, 7) is 7.69. The summed E-state index contributed by atoms with van der Waals surface area (Å²) in [4.78, 5) is 28.1. The number of carbonyl (C=O) groups excluding carboxylic acids is 2. The number of halogens is 1. The zero-order valence-electron chi connectivity index (χ0n) is 24.6. The maximum absolute atomic E-state index is 12.9. The summed E-state index contributed by atoms with van der Waals surface area (Å²) in [6.07, 6.45) is 5.03. The first-order chi connectivity index (χ1) is 19.5. The Morgan fingerprint density at radius 1 is 1.17 bits per heavy atom. The topological polar surface area (TPSA) is 85.3 Å². The molecule has 41 heavy (non-hydrogen) atoms. The molecular weight excluding hydrogens is 542 g/mol. The molecule has 1 N–H and O–H groups in total. The highest BCUT2D eigenvalue weighted by atomic mass is 35.5. The number of anilines is 1. The lowest BCUT2D eigenvalue weighted by molar-refractivity contribution is -0.158. The maximum Gasteiger partial charge on any atom is 0.313 e. The van der Waals surface area contributed by atoms with Crippen LogP contribution in [0.5, 0.6) is 5.75 Å². The highest BCUT2D eigenvalue weighted by Gasteiger charge is 2.43. The molecule has 1 heterocycles. The van der Waals surface area contributed by atoms with E-state index in [4.69, 9.17) is 25.8 Å². The molecule has 1 spiro atoms. The van der Waals surface area contributed by atoms with Crippen LogP contribution in [0.1, 0.15) is 75.5 Å². The van der Waals surface area contributed by atoms with Gasteiger partial charge in [0.15, 0.2) is 0 Å². The molecule has 1 saturated carbocycles. The van der Waals surface area contributed by atoms with Gasteiger partial charge in [-0.05, 0) is 106 Å². The summed E-state index contributed by atoms with van der Waals surface area (Å²) in [6, 6.07) is 12.0. The van der Waals surface area contributed by atoms with E-state index in [1.807, 2.05) is 45.0 Å². The first kappa shape index (κ1) is 29.7. The molecule has 1 aliphatic heterocycles. The standard InChI is InChI=1S/C33H42ClNO6/c1-32(2,3)41-30(37)16-26(31(38)39-4)21-9-12-29-28(15-21)35(17-23-7-8-24(23)18-36)19-33(20-40-29)13-5-6-22-14-25(34)10-11-27(22)33/h9-12,14-15,23-24,26,36H,5-8,13,16-20H2,1-4H3/t23-,24-,26+,33-/m0/s1. The summed E-state index contributed by atoms with van der Waals surface area (Å²) >= 11 is 6.38. The molecule has 2 aliphatic carbocycles. The highest BCUT2D eigenvalue weighted by Crippen LogP contribution is 2.46. The molecule has 1 fully saturated rings. The number of aliphatic hydroxyl groups is 1. The molecule has 8 heteroatoms. The molecule has 7 nitrogen and oxygen atoms in total. The fourth-order valence-electron chi connectivity index (χ4n) is 6.78. The van der Waals surface area contributed by atoms with E-state index in [0.717, 1.165) is 61.7 Å². The van der Waals surface area contributed by atoms with Crippen LogP contribution in [0.4, 0.5) is 5.69 Å². The number of carbonyl (C=O) groups is 2. The molecule has 4 atom stereocenters. The van der Waals surface area contributed by atoms with Crippen LogP contribution in [0.2, 0.25) is 5.02 Å². The molecule has 0 amide bonds. The van der Waals surface area contributed by atoms with Gasteiger partial charge in [-0.2, -0.15) is 0 Å². The van der Waals surface area contributed by atoms with Crippen LogP contribution in [-0.4, -0.2) is 56.1 Å². The van der Waals surface area contributed by atoms with E-state index < -0.39 is 23.5 Å². The Morgan fingerprint density at radius 3 is 2.63 bits per heavy atom. The van der Waals surface area contributed by atoms with Crippen LogP contribution in [0.25, 0.3) is 0 Å². The largest absolute Gasteiger partial charge is 0.490 e. The van der Waals surface area contributed by atoms with Gasteiger partial charge in [0, 0.05) is 30.1 Å². The second kappa shape index (κ2) is 11.8. The van der Waals surface area contributed by atoms with E-state index in [0.29, 0.717) is 18.1 Å². The minimum absolute atomic E-state index is 0.114. The zero-order chi connectivity index (χ0) is 29.4. The lowest BCUT2D eigenvalue weighted by Gasteiger charge is -2.44. The van der Waals surface area contributed by atoms with Crippen LogP contribution < -0.4 is 9.64 Å². The molecule has 2 aromatic carbocycles. The zero-order valence-corrected chi connectivity index (χ0v) is 25.3. The molecule has 0 unspecified atom stereocenters. The van der Waals surface area contributed by atoms with E-state index in [2.05, 4.69) is 17.0 Å². The van der Waals surface area contributed by atoms with Crippen molar-refractivity contribution in [3.05, 3.63) is 58.1 Å². The van der Waals surface area contributed by atoms with Crippen molar-refractivity contribution >= 4 is 29.2 Å². The molecular formula is C33H42ClNO6. The molecule has 0 bridgehead atoms. The van der Waals surface area contributed by atoms with Crippen molar-refractivity contribution in [1.82, 2.24) is 0 Å². The Bertz CT molecular complexity index is 1290. The Hall–Kier alpha value is -2.77. The lowest BCUT2D eigenvalue weighted by atomic mass is 9.69. The van der Waals surface area contributed by atoms with Crippen molar-refractivity contribution in [2.24, 2.45) is 11.8 Å². The Balaban J connectivity index is 1.52. The van der Waals surface area contributed by atoms with Gasteiger partial charge in [0.1, 0.15) is 11.4 Å². The second-order valence-corrected chi connectivity index (χ2v) is 13.4. The number of nitrogens with zero attached hydrogens (tertiary/aromatic N) is 1. The normalized spacial score (nSPS) is 24.3. The summed E-state index contributed by atoms with van der Waals surface area (Å²) in [5, 5.41) is 10.7. The van der Waals surface area contributed by atoms with Gasteiger partial charge in [-0.25, -0.2) is 0 Å². The molecule has 222 valence electrons. The highest BCUT2D eigenvalue weighted by molar-refractivity contribution is 6.30. The molecule has 0 radical (unpaired) electrons.